The topological polar surface area (TPSA) is 101 Å². The van der Waals surface area contributed by atoms with Gasteiger partial charge < -0.3 is 14.9 Å². The maximum Gasteiger partial charge on any atom is 0.303 e. The Balaban J connectivity index is 1.79. The van der Waals surface area contributed by atoms with Gasteiger partial charge in [0.2, 0.25) is 5.78 Å². The molecule has 2 N–H and O–H groups in total. The molecule has 0 aromatic carbocycles. The first-order valence-corrected chi connectivity index (χ1v) is 11.4. The Kier molecular flexibility index (Phi) is 5.12. The van der Waals surface area contributed by atoms with Crippen molar-refractivity contribution in [2.45, 2.75) is 70.0 Å². The Hall–Kier alpha value is -1.50. The monoisotopic (exact) mass is 450 g/mol. The summed E-state index contributed by atoms with van der Waals surface area (Å²) in [5.74, 6) is -1.88. The maximum atomic E-state index is 13.1. The zero-order valence-corrected chi connectivity index (χ0v) is 19.2. The lowest BCUT2D eigenvalue weighted by Gasteiger charge is -2.63. The van der Waals surface area contributed by atoms with Crippen LogP contribution in [0.15, 0.2) is 23.8 Å². The predicted octanol–water partition coefficient (Wildman–Crippen LogP) is 2.74. The minimum Gasteiger partial charge on any atom is -0.458 e. The lowest BCUT2D eigenvalue weighted by Crippen LogP contribution is -2.68. The average molecular weight is 451 g/mol. The first-order chi connectivity index (χ1) is 14.3. The molecule has 0 spiro atoms. The molecule has 8 atom stereocenters. The van der Waals surface area contributed by atoms with E-state index in [1.165, 1.54) is 6.92 Å². The van der Waals surface area contributed by atoms with E-state index in [9.17, 15) is 24.6 Å². The first kappa shape index (κ1) is 22.7. The molecule has 0 unspecified atom stereocenters. The zero-order valence-electron chi connectivity index (χ0n) is 18.5. The van der Waals surface area contributed by atoms with Crippen LogP contribution in [0.25, 0.3) is 0 Å². The van der Waals surface area contributed by atoms with Crippen molar-refractivity contribution in [1.82, 2.24) is 0 Å². The fourth-order valence-electron chi connectivity index (χ4n) is 7.23. The molecule has 0 radical (unpaired) electrons. The van der Waals surface area contributed by atoms with Crippen LogP contribution in [0.1, 0.15) is 53.4 Å². The van der Waals surface area contributed by atoms with Gasteiger partial charge in [0.15, 0.2) is 12.4 Å². The lowest BCUT2D eigenvalue weighted by molar-refractivity contribution is -0.179. The molecule has 4 aliphatic carbocycles. The van der Waals surface area contributed by atoms with Crippen molar-refractivity contribution in [1.29, 1.82) is 0 Å². The van der Waals surface area contributed by atoms with E-state index in [0.29, 0.717) is 19.3 Å². The molecule has 7 heteroatoms. The Morgan fingerprint density at radius 1 is 1.32 bits per heavy atom. The predicted molar refractivity (Wildman–Crippen MR) is 114 cm³/mol. The van der Waals surface area contributed by atoms with Crippen LogP contribution in [0.5, 0.6) is 0 Å². The third kappa shape index (κ3) is 2.74. The highest BCUT2D eigenvalue weighted by Crippen LogP contribution is 2.70. The average Bonchev–Trinajstić information content (AvgIpc) is 2.89. The molecule has 0 aromatic rings. The summed E-state index contributed by atoms with van der Waals surface area (Å²) in [5.41, 5.74) is -2.42. The van der Waals surface area contributed by atoms with Gasteiger partial charge in [-0.2, -0.15) is 0 Å². The molecule has 170 valence electrons. The van der Waals surface area contributed by atoms with Crippen molar-refractivity contribution in [2.75, 3.05) is 6.61 Å². The van der Waals surface area contributed by atoms with Crippen LogP contribution in [0.3, 0.4) is 0 Å². The summed E-state index contributed by atoms with van der Waals surface area (Å²) in [7, 11) is 0. The number of alkyl halides is 1. The smallest absolute Gasteiger partial charge is 0.303 e. The number of ether oxygens (including phenoxy) is 1. The van der Waals surface area contributed by atoms with E-state index < -0.39 is 45.8 Å². The van der Waals surface area contributed by atoms with Crippen molar-refractivity contribution < 1.29 is 29.3 Å². The highest BCUT2D eigenvalue weighted by atomic mass is 35.5. The molecule has 0 bridgehead atoms. The molecule has 2 saturated carbocycles. The van der Waals surface area contributed by atoms with Crippen LogP contribution < -0.4 is 0 Å². The van der Waals surface area contributed by atoms with Gasteiger partial charge in [-0.15, -0.1) is 11.6 Å². The molecule has 0 saturated heterocycles. The number of esters is 1. The second-order valence-electron chi connectivity index (χ2n) is 10.4. The van der Waals surface area contributed by atoms with Crippen molar-refractivity contribution in [3.05, 3.63) is 23.8 Å². The summed E-state index contributed by atoms with van der Waals surface area (Å²) in [6, 6.07) is 0. The van der Waals surface area contributed by atoms with Crippen molar-refractivity contribution in [3.8, 4) is 0 Å². The number of carbonyl (C=O) groups is 3. The molecule has 2 fully saturated rings. The number of carbonyl (C=O) groups excluding carboxylic acids is 3. The van der Waals surface area contributed by atoms with E-state index in [1.807, 2.05) is 32.9 Å². The number of allylic oxidation sites excluding steroid dienone is 4. The molecule has 0 aliphatic heterocycles. The Labute approximate surface area is 187 Å². The fraction of sp³-hybridized carbons (Fsp3) is 0.708. The molecule has 31 heavy (non-hydrogen) atoms. The van der Waals surface area contributed by atoms with Crippen LogP contribution in [-0.4, -0.2) is 50.9 Å². The molecule has 4 aliphatic rings. The van der Waals surface area contributed by atoms with Gasteiger partial charge in [-0.3, -0.25) is 14.4 Å². The van der Waals surface area contributed by atoms with Crippen LogP contribution in [-0.2, 0) is 19.1 Å². The Bertz CT molecular complexity index is 910. The highest BCUT2D eigenvalue weighted by Gasteiger charge is 2.74. The van der Waals surface area contributed by atoms with E-state index in [0.717, 1.165) is 5.57 Å². The molecule has 6 nitrogen and oxygen atoms in total. The second kappa shape index (κ2) is 7.00. The standard InChI is InChI=1S/C24H31ClO6/c1-13-9-18-17-6-5-15-10-16(27)7-8-21(15,3)23(17,25)19(28)11-22(18,4)24(13,30)20(29)12-31-14(2)26/h5-6,10,13,17-19,28,30H,7-9,11-12H2,1-4H3/t13-,17-,18-,19-,21-,22-,23-,24-/m0/s1. The molecular formula is C24H31ClO6. The van der Waals surface area contributed by atoms with E-state index in [2.05, 4.69) is 0 Å². The van der Waals surface area contributed by atoms with Crippen molar-refractivity contribution >= 4 is 29.1 Å². The second-order valence-corrected chi connectivity index (χ2v) is 11.0. The van der Waals surface area contributed by atoms with Gasteiger partial charge in [-0.1, -0.05) is 32.9 Å². The number of fused-ring (bicyclic) bond motifs is 5. The molecule has 0 aromatic heterocycles. The van der Waals surface area contributed by atoms with E-state index in [1.54, 1.807) is 6.08 Å². The fourth-order valence-corrected chi connectivity index (χ4v) is 7.73. The summed E-state index contributed by atoms with van der Waals surface area (Å²) < 4.78 is 4.91. The van der Waals surface area contributed by atoms with Crippen molar-refractivity contribution in [2.24, 2.45) is 28.6 Å². The SMILES string of the molecule is CC(=O)OCC(=O)[C@@]1(O)[C@@H](C)C[C@H]2[C@@H]3C=CC4=CC(=O)CC[C@]4(C)[C@@]3(Cl)[C@@H](O)C[C@@]21C. The van der Waals surface area contributed by atoms with E-state index in [-0.39, 0.29) is 30.0 Å². The van der Waals surface area contributed by atoms with Gasteiger partial charge in [0.1, 0.15) is 5.60 Å². The molecule has 0 amide bonds. The maximum absolute atomic E-state index is 13.1. The van der Waals surface area contributed by atoms with Gasteiger partial charge in [-0.25, -0.2) is 0 Å². The summed E-state index contributed by atoms with van der Waals surface area (Å²) in [5, 5.41) is 23.2. The van der Waals surface area contributed by atoms with Gasteiger partial charge in [0, 0.05) is 30.1 Å². The number of halogens is 1. The van der Waals surface area contributed by atoms with Gasteiger partial charge >= 0.3 is 5.97 Å². The van der Waals surface area contributed by atoms with Crippen LogP contribution in [0, 0.1) is 28.6 Å². The van der Waals surface area contributed by atoms with E-state index >= 15 is 0 Å². The summed E-state index contributed by atoms with van der Waals surface area (Å²) in [4.78, 5) is 35.3. The number of rotatable bonds is 3. The Morgan fingerprint density at radius 2 is 2.00 bits per heavy atom. The van der Waals surface area contributed by atoms with Gasteiger partial charge in [0.05, 0.1) is 11.0 Å². The van der Waals surface area contributed by atoms with Crippen molar-refractivity contribution in [3.63, 3.8) is 0 Å². The molecular weight excluding hydrogens is 420 g/mol. The third-order valence-electron chi connectivity index (χ3n) is 9.02. The number of hydrogen-bond acceptors (Lipinski definition) is 6. The third-order valence-corrected chi connectivity index (χ3v) is 9.94. The minimum atomic E-state index is -1.74. The lowest BCUT2D eigenvalue weighted by atomic mass is 9.46. The van der Waals surface area contributed by atoms with Gasteiger partial charge in [-0.05, 0) is 42.7 Å². The minimum absolute atomic E-state index is 0.0610. The highest BCUT2D eigenvalue weighted by molar-refractivity contribution is 6.26. The summed E-state index contributed by atoms with van der Waals surface area (Å²) >= 11 is 7.35. The number of aliphatic hydroxyl groups is 2. The number of Topliss-reactive ketones (excluding diaryl/α,β-unsaturated/α-hetero) is 1. The molecule has 0 heterocycles. The van der Waals surface area contributed by atoms with Crippen LogP contribution in [0.2, 0.25) is 0 Å². The molecule has 4 rings (SSSR count). The summed E-state index contributed by atoms with van der Waals surface area (Å²) in [6.45, 7) is 6.42. The number of hydrogen-bond donors (Lipinski definition) is 2. The quantitative estimate of drug-likeness (QED) is 0.506. The normalized spacial score (nSPS) is 48.4. The number of aliphatic hydroxyl groups excluding tert-OH is 1. The number of ketones is 2. The van der Waals surface area contributed by atoms with Crippen LogP contribution in [0.4, 0.5) is 0 Å². The zero-order chi connectivity index (χ0) is 23.0. The van der Waals surface area contributed by atoms with Gasteiger partial charge in [0.25, 0.3) is 0 Å². The summed E-state index contributed by atoms with van der Waals surface area (Å²) in [6.07, 6.45) is 6.17. The van der Waals surface area contributed by atoms with Crippen LogP contribution >= 0.6 is 11.6 Å². The first-order valence-electron chi connectivity index (χ1n) is 11.0. The van der Waals surface area contributed by atoms with E-state index in [4.69, 9.17) is 16.3 Å². The Morgan fingerprint density at radius 3 is 2.65 bits per heavy atom. The largest absolute Gasteiger partial charge is 0.458 e.